The van der Waals surface area contributed by atoms with E-state index in [0.29, 0.717) is 16.9 Å². The summed E-state index contributed by atoms with van der Waals surface area (Å²) in [7, 11) is 0. The summed E-state index contributed by atoms with van der Waals surface area (Å²) in [5.41, 5.74) is 8.01. The topological polar surface area (TPSA) is 26.0 Å². The van der Waals surface area contributed by atoms with Gasteiger partial charge >= 0.3 is 0 Å². The van der Waals surface area contributed by atoms with Gasteiger partial charge < -0.3 is 5.73 Å². The molecule has 0 saturated heterocycles. The Kier molecular flexibility index (Phi) is 3.05. The molecule has 0 aromatic rings. The van der Waals surface area contributed by atoms with E-state index in [-0.39, 0.29) is 0 Å². The van der Waals surface area contributed by atoms with Crippen LogP contribution in [0, 0.1) is 34.5 Å². The third-order valence-electron chi connectivity index (χ3n) is 8.36. The van der Waals surface area contributed by atoms with Crippen LogP contribution in [0.15, 0.2) is 0 Å². The van der Waals surface area contributed by atoms with E-state index >= 15 is 0 Å². The van der Waals surface area contributed by atoms with Gasteiger partial charge in [-0.3, -0.25) is 0 Å². The molecule has 0 aliphatic heterocycles. The normalized spacial score (nSPS) is 58.6. The van der Waals surface area contributed by atoms with Crippen molar-refractivity contribution in [1.82, 2.24) is 0 Å². The van der Waals surface area contributed by atoms with Crippen molar-refractivity contribution in [2.24, 2.45) is 40.2 Å². The predicted octanol–water partition coefficient (Wildman–Crippen LogP) is 4.75. The van der Waals surface area contributed by atoms with Crippen molar-refractivity contribution in [3.8, 4) is 0 Å². The molecule has 4 rings (SSSR count). The quantitative estimate of drug-likeness (QED) is 0.678. The van der Waals surface area contributed by atoms with Crippen molar-refractivity contribution >= 4 is 0 Å². The minimum atomic E-state index is 0.491. The first-order valence-electron chi connectivity index (χ1n) is 9.30. The molecule has 0 bridgehead atoms. The molecular formula is C19H33N. The fourth-order valence-electron chi connectivity index (χ4n) is 7.57. The van der Waals surface area contributed by atoms with E-state index in [4.69, 9.17) is 5.73 Å². The van der Waals surface area contributed by atoms with E-state index in [0.717, 1.165) is 23.7 Å². The molecule has 2 unspecified atom stereocenters. The third kappa shape index (κ3) is 1.71. The number of hydrogen-bond donors (Lipinski definition) is 1. The fourth-order valence-corrected chi connectivity index (χ4v) is 7.57. The molecule has 7 atom stereocenters. The van der Waals surface area contributed by atoms with Crippen molar-refractivity contribution < 1.29 is 0 Å². The molecule has 0 aromatic carbocycles. The molecule has 0 radical (unpaired) electrons. The maximum atomic E-state index is 6.82. The third-order valence-corrected chi connectivity index (χ3v) is 8.36. The first-order chi connectivity index (χ1) is 9.55. The van der Waals surface area contributed by atoms with Gasteiger partial charge in [-0.2, -0.15) is 0 Å². The summed E-state index contributed by atoms with van der Waals surface area (Å²) in [6.45, 7) is 5.20. The van der Waals surface area contributed by atoms with Crippen LogP contribution in [0.25, 0.3) is 0 Å². The highest BCUT2D eigenvalue weighted by atomic mass is 14.8. The minimum Gasteiger partial charge on any atom is -0.327 e. The Morgan fingerprint density at radius 3 is 2.60 bits per heavy atom. The van der Waals surface area contributed by atoms with E-state index in [2.05, 4.69) is 13.8 Å². The summed E-state index contributed by atoms with van der Waals surface area (Å²) in [4.78, 5) is 0. The second-order valence-electron chi connectivity index (χ2n) is 9.24. The summed E-state index contributed by atoms with van der Waals surface area (Å²) in [6, 6.07) is 0.491. The van der Waals surface area contributed by atoms with E-state index < -0.39 is 0 Å². The predicted molar refractivity (Wildman–Crippen MR) is 84.3 cm³/mol. The van der Waals surface area contributed by atoms with Crippen LogP contribution in [0.2, 0.25) is 0 Å². The lowest BCUT2D eigenvalue weighted by atomic mass is 9.44. The monoisotopic (exact) mass is 275 g/mol. The highest BCUT2D eigenvalue weighted by molar-refractivity contribution is 5.10. The largest absolute Gasteiger partial charge is 0.327 e. The first-order valence-corrected chi connectivity index (χ1v) is 9.30. The Bertz CT molecular complexity index is 391. The van der Waals surface area contributed by atoms with Crippen LogP contribution in [0.5, 0.6) is 0 Å². The zero-order valence-electron chi connectivity index (χ0n) is 13.5. The average Bonchev–Trinajstić information content (AvgIpc) is 2.78. The fraction of sp³-hybridized carbons (Fsp3) is 1.00. The van der Waals surface area contributed by atoms with Gasteiger partial charge in [0.05, 0.1) is 0 Å². The van der Waals surface area contributed by atoms with Crippen molar-refractivity contribution in [1.29, 1.82) is 0 Å². The van der Waals surface area contributed by atoms with Crippen LogP contribution in [-0.4, -0.2) is 6.04 Å². The Labute approximate surface area is 125 Å². The highest BCUT2D eigenvalue weighted by Gasteiger charge is 2.59. The zero-order valence-corrected chi connectivity index (χ0v) is 13.5. The second-order valence-corrected chi connectivity index (χ2v) is 9.24. The van der Waals surface area contributed by atoms with E-state index in [9.17, 15) is 0 Å². The molecule has 4 aliphatic carbocycles. The molecule has 0 amide bonds. The summed E-state index contributed by atoms with van der Waals surface area (Å²) in [5, 5.41) is 0. The van der Waals surface area contributed by atoms with Gasteiger partial charge in [-0.05, 0) is 79.4 Å². The molecule has 114 valence electrons. The SMILES string of the molecule is C[C@@]12CCC[C@H]1[C@@H]1CCC3CCCC[C@]3(C)[C@@H]1C(N)C2. The molecule has 0 heterocycles. The van der Waals surface area contributed by atoms with Gasteiger partial charge in [0.2, 0.25) is 0 Å². The smallest absolute Gasteiger partial charge is 0.00805 e. The van der Waals surface area contributed by atoms with Crippen LogP contribution in [0.4, 0.5) is 0 Å². The van der Waals surface area contributed by atoms with E-state index in [1.165, 1.54) is 64.2 Å². The zero-order chi connectivity index (χ0) is 14.0. The summed E-state index contributed by atoms with van der Waals surface area (Å²) in [5.74, 6) is 3.81. The van der Waals surface area contributed by atoms with Gasteiger partial charge in [0.25, 0.3) is 0 Å². The minimum absolute atomic E-state index is 0.491. The number of nitrogens with two attached hydrogens (primary N) is 1. The Balaban J connectivity index is 1.69. The molecule has 1 heteroatoms. The van der Waals surface area contributed by atoms with Gasteiger partial charge in [-0.1, -0.05) is 33.1 Å². The van der Waals surface area contributed by atoms with Crippen molar-refractivity contribution in [3.63, 3.8) is 0 Å². The lowest BCUT2D eigenvalue weighted by Gasteiger charge is -2.62. The molecular weight excluding hydrogens is 242 g/mol. The second kappa shape index (κ2) is 4.48. The van der Waals surface area contributed by atoms with E-state index in [1.54, 1.807) is 0 Å². The van der Waals surface area contributed by atoms with Crippen LogP contribution >= 0.6 is 0 Å². The molecule has 4 saturated carbocycles. The van der Waals surface area contributed by atoms with E-state index in [1.807, 2.05) is 0 Å². The summed E-state index contributed by atoms with van der Waals surface area (Å²) >= 11 is 0. The number of fused-ring (bicyclic) bond motifs is 5. The molecule has 4 aliphatic rings. The molecule has 1 nitrogen and oxygen atoms in total. The van der Waals surface area contributed by atoms with Crippen LogP contribution in [-0.2, 0) is 0 Å². The van der Waals surface area contributed by atoms with Gasteiger partial charge in [-0.25, -0.2) is 0 Å². The van der Waals surface area contributed by atoms with Crippen molar-refractivity contribution in [2.75, 3.05) is 0 Å². The van der Waals surface area contributed by atoms with Crippen LogP contribution < -0.4 is 5.73 Å². The molecule has 4 fully saturated rings. The standard InChI is InChI=1S/C19H33N/c1-18-10-5-7-15(18)14-9-8-13-6-3-4-11-19(13,2)17(14)16(20)12-18/h13-17H,3-12,20H2,1-2H3/t13?,14-,15-,16?,17-,18-,19-/m0/s1. The Morgan fingerprint density at radius 1 is 0.900 bits per heavy atom. The lowest BCUT2D eigenvalue weighted by molar-refractivity contribution is -0.113. The number of hydrogen-bond acceptors (Lipinski definition) is 1. The first kappa shape index (κ1) is 13.6. The van der Waals surface area contributed by atoms with Gasteiger partial charge in [0.15, 0.2) is 0 Å². The average molecular weight is 275 g/mol. The van der Waals surface area contributed by atoms with Crippen LogP contribution in [0.3, 0.4) is 0 Å². The maximum Gasteiger partial charge on any atom is 0.00805 e. The summed E-state index contributed by atoms with van der Waals surface area (Å²) < 4.78 is 0. The number of rotatable bonds is 0. The van der Waals surface area contributed by atoms with Crippen molar-refractivity contribution in [2.45, 2.75) is 84.1 Å². The van der Waals surface area contributed by atoms with Crippen molar-refractivity contribution in [3.05, 3.63) is 0 Å². The van der Waals surface area contributed by atoms with Gasteiger partial charge in [-0.15, -0.1) is 0 Å². The Hall–Kier alpha value is -0.0400. The van der Waals surface area contributed by atoms with Gasteiger partial charge in [0.1, 0.15) is 0 Å². The van der Waals surface area contributed by atoms with Crippen LogP contribution in [0.1, 0.15) is 78.1 Å². The maximum absolute atomic E-state index is 6.82. The molecule has 2 N–H and O–H groups in total. The molecule has 0 aromatic heterocycles. The highest BCUT2D eigenvalue weighted by Crippen LogP contribution is 2.65. The lowest BCUT2D eigenvalue weighted by Crippen LogP contribution is -2.59. The molecule has 20 heavy (non-hydrogen) atoms. The molecule has 0 spiro atoms. The Morgan fingerprint density at radius 2 is 1.75 bits per heavy atom. The summed E-state index contributed by atoms with van der Waals surface area (Å²) in [6.07, 6.45) is 14.7. The van der Waals surface area contributed by atoms with Gasteiger partial charge in [0, 0.05) is 6.04 Å².